The van der Waals surface area contributed by atoms with Crippen LogP contribution in [0, 0.1) is 0 Å². The fraction of sp³-hybridized carbons (Fsp3) is 1.00. The molecule has 1 saturated heterocycles. The van der Waals surface area contributed by atoms with Gasteiger partial charge in [0.05, 0.1) is 25.9 Å². The normalized spacial score (nSPS) is 19.6. The molecule has 0 bridgehead atoms. The lowest BCUT2D eigenvalue weighted by atomic mass is 10.5. The van der Waals surface area contributed by atoms with Crippen molar-refractivity contribution in [2.24, 2.45) is 0 Å². The zero-order chi connectivity index (χ0) is 9.52. The van der Waals surface area contributed by atoms with Gasteiger partial charge in [-0.3, -0.25) is 5.43 Å². The smallest absolute Gasteiger partial charge is 0.0608 e. The molecule has 0 aromatic heterocycles. The van der Waals surface area contributed by atoms with Gasteiger partial charge in [-0.25, -0.2) is 5.01 Å². The van der Waals surface area contributed by atoms with Crippen LogP contribution in [0.5, 0.6) is 0 Å². The minimum atomic E-state index is 0.325. The van der Waals surface area contributed by atoms with Crippen LogP contribution in [0.4, 0.5) is 0 Å². The van der Waals surface area contributed by atoms with Crippen LogP contribution in [0.15, 0.2) is 0 Å². The van der Waals surface area contributed by atoms with E-state index in [0.29, 0.717) is 6.10 Å². The van der Waals surface area contributed by atoms with Crippen molar-refractivity contribution in [2.75, 3.05) is 39.5 Å². The van der Waals surface area contributed by atoms with Gasteiger partial charge in [-0.2, -0.15) is 0 Å². The average molecular weight is 188 g/mol. The minimum absolute atomic E-state index is 0.325. The van der Waals surface area contributed by atoms with E-state index in [-0.39, 0.29) is 0 Å². The maximum Gasteiger partial charge on any atom is 0.0608 e. The molecular formula is C9H20N2O2. The maximum absolute atomic E-state index is 5.41. The van der Waals surface area contributed by atoms with Gasteiger partial charge in [-0.1, -0.05) is 0 Å². The molecule has 1 rings (SSSR count). The number of rotatable bonds is 5. The molecule has 0 saturated carbocycles. The van der Waals surface area contributed by atoms with Gasteiger partial charge < -0.3 is 9.47 Å². The van der Waals surface area contributed by atoms with Gasteiger partial charge in [-0.05, 0) is 13.8 Å². The van der Waals surface area contributed by atoms with Crippen LogP contribution < -0.4 is 5.43 Å². The Hall–Kier alpha value is -0.160. The Bertz CT molecular complexity index is 125. The number of morpholine rings is 1. The first-order valence-electron chi connectivity index (χ1n) is 4.97. The van der Waals surface area contributed by atoms with Crippen LogP contribution in [-0.2, 0) is 9.47 Å². The van der Waals surface area contributed by atoms with Crippen molar-refractivity contribution >= 4 is 0 Å². The highest BCUT2D eigenvalue weighted by atomic mass is 16.5. The van der Waals surface area contributed by atoms with Crippen LogP contribution >= 0.6 is 0 Å². The SMILES string of the molecule is CC(C)OCCNN1CCOCC1. The number of nitrogens with zero attached hydrogens (tertiary/aromatic N) is 1. The van der Waals surface area contributed by atoms with E-state index in [1.54, 1.807) is 0 Å². The quantitative estimate of drug-likeness (QED) is 0.627. The van der Waals surface area contributed by atoms with Gasteiger partial charge in [0.1, 0.15) is 0 Å². The number of hydrogen-bond donors (Lipinski definition) is 1. The molecule has 1 aliphatic heterocycles. The summed E-state index contributed by atoms with van der Waals surface area (Å²) in [4.78, 5) is 0. The summed E-state index contributed by atoms with van der Waals surface area (Å²) >= 11 is 0. The summed E-state index contributed by atoms with van der Waals surface area (Å²) in [6.07, 6.45) is 0.325. The van der Waals surface area contributed by atoms with E-state index in [0.717, 1.165) is 39.5 Å². The fourth-order valence-electron chi connectivity index (χ4n) is 1.22. The Morgan fingerprint density at radius 2 is 2.08 bits per heavy atom. The van der Waals surface area contributed by atoms with Crippen LogP contribution in [-0.4, -0.2) is 50.6 Å². The Morgan fingerprint density at radius 3 is 2.69 bits per heavy atom. The second-order valence-corrected chi connectivity index (χ2v) is 3.43. The lowest BCUT2D eigenvalue weighted by Gasteiger charge is -2.27. The van der Waals surface area contributed by atoms with Crippen molar-refractivity contribution in [3.05, 3.63) is 0 Å². The number of hydrazine groups is 1. The number of hydrogen-bond acceptors (Lipinski definition) is 4. The summed E-state index contributed by atoms with van der Waals surface area (Å²) in [6, 6.07) is 0. The molecule has 4 nitrogen and oxygen atoms in total. The van der Waals surface area contributed by atoms with E-state index < -0.39 is 0 Å². The van der Waals surface area contributed by atoms with Crippen molar-refractivity contribution in [2.45, 2.75) is 20.0 Å². The van der Waals surface area contributed by atoms with E-state index in [9.17, 15) is 0 Å². The van der Waals surface area contributed by atoms with Crippen molar-refractivity contribution < 1.29 is 9.47 Å². The van der Waals surface area contributed by atoms with E-state index in [1.165, 1.54) is 0 Å². The summed E-state index contributed by atoms with van der Waals surface area (Å²) in [7, 11) is 0. The third kappa shape index (κ3) is 5.21. The van der Waals surface area contributed by atoms with Gasteiger partial charge in [0.25, 0.3) is 0 Å². The van der Waals surface area contributed by atoms with E-state index in [2.05, 4.69) is 24.3 Å². The summed E-state index contributed by atoms with van der Waals surface area (Å²) in [6.45, 7) is 9.37. The van der Waals surface area contributed by atoms with Crippen LogP contribution in [0.2, 0.25) is 0 Å². The third-order valence-corrected chi connectivity index (χ3v) is 1.90. The predicted molar refractivity (Wildman–Crippen MR) is 51.5 cm³/mol. The largest absolute Gasteiger partial charge is 0.379 e. The first kappa shape index (κ1) is 10.9. The highest BCUT2D eigenvalue weighted by Gasteiger charge is 2.08. The Balaban J connectivity index is 1.92. The average Bonchev–Trinajstić information content (AvgIpc) is 2.14. The molecule has 1 fully saturated rings. The highest BCUT2D eigenvalue weighted by molar-refractivity contribution is 4.56. The summed E-state index contributed by atoms with van der Waals surface area (Å²) < 4.78 is 10.6. The van der Waals surface area contributed by atoms with Gasteiger partial charge in [-0.15, -0.1) is 0 Å². The van der Waals surface area contributed by atoms with Crippen molar-refractivity contribution in [3.63, 3.8) is 0 Å². The molecule has 0 radical (unpaired) electrons. The highest BCUT2D eigenvalue weighted by Crippen LogP contribution is 1.92. The molecule has 0 atom stereocenters. The van der Waals surface area contributed by atoms with Crippen molar-refractivity contribution in [1.29, 1.82) is 0 Å². The Kier molecular flexibility index (Phi) is 5.31. The molecular weight excluding hydrogens is 168 g/mol. The molecule has 1 N–H and O–H groups in total. The van der Waals surface area contributed by atoms with Crippen LogP contribution in [0.25, 0.3) is 0 Å². The molecule has 0 unspecified atom stereocenters. The molecule has 0 spiro atoms. The molecule has 0 amide bonds. The minimum Gasteiger partial charge on any atom is -0.379 e. The summed E-state index contributed by atoms with van der Waals surface area (Å²) in [5.74, 6) is 0. The van der Waals surface area contributed by atoms with E-state index >= 15 is 0 Å². The maximum atomic E-state index is 5.41. The number of ether oxygens (including phenoxy) is 2. The molecule has 4 heteroatoms. The molecule has 1 aliphatic rings. The third-order valence-electron chi connectivity index (χ3n) is 1.90. The Morgan fingerprint density at radius 1 is 1.38 bits per heavy atom. The van der Waals surface area contributed by atoms with Gasteiger partial charge in [0.15, 0.2) is 0 Å². The van der Waals surface area contributed by atoms with Gasteiger partial charge >= 0.3 is 0 Å². The van der Waals surface area contributed by atoms with E-state index in [4.69, 9.17) is 9.47 Å². The lowest BCUT2D eigenvalue weighted by Crippen LogP contribution is -2.46. The molecule has 78 valence electrons. The molecule has 13 heavy (non-hydrogen) atoms. The van der Waals surface area contributed by atoms with Crippen LogP contribution in [0.3, 0.4) is 0 Å². The second kappa shape index (κ2) is 6.32. The first-order valence-corrected chi connectivity index (χ1v) is 4.97. The predicted octanol–water partition coefficient (Wildman–Crippen LogP) is 0.248. The summed E-state index contributed by atoms with van der Waals surface area (Å²) in [5, 5.41) is 2.19. The molecule has 1 heterocycles. The van der Waals surface area contributed by atoms with Gasteiger partial charge in [0, 0.05) is 19.6 Å². The molecule has 0 aliphatic carbocycles. The monoisotopic (exact) mass is 188 g/mol. The van der Waals surface area contributed by atoms with Crippen molar-refractivity contribution in [3.8, 4) is 0 Å². The Labute approximate surface area is 80.2 Å². The second-order valence-electron chi connectivity index (χ2n) is 3.43. The van der Waals surface area contributed by atoms with Crippen molar-refractivity contribution in [1.82, 2.24) is 10.4 Å². The molecule has 0 aromatic rings. The first-order chi connectivity index (χ1) is 6.29. The zero-order valence-electron chi connectivity index (χ0n) is 8.58. The summed E-state index contributed by atoms with van der Waals surface area (Å²) in [5.41, 5.74) is 3.31. The fourth-order valence-corrected chi connectivity index (χ4v) is 1.22. The topological polar surface area (TPSA) is 33.7 Å². The zero-order valence-corrected chi connectivity index (χ0v) is 8.58. The molecule has 0 aromatic carbocycles. The lowest BCUT2D eigenvalue weighted by molar-refractivity contribution is 0.00176. The number of nitrogens with one attached hydrogen (secondary N) is 1. The van der Waals surface area contributed by atoms with Gasteiger partial charge in [0.2, 0.25) is 0 Å². The van der Waals surface area contributed by atoms with E-state index in [1.807, 2.05) is 0 Å². The van der Waals surface area contributed by atoms with Crippen LogP contribution in [0.1, 0.15) is 13.8 Å². The standard InChI is InChI=1S/C9H20N2O2/c1-9(2)13-6-3-10-11-4-7-12-8-5-11/h9-10H,3-8H2,1-2H3.